The second kappa shape index (κ2) is 5.41. The summed E-state index contributed by atoms with van der Waals surface area (Å²) in [4.78, 5) is 14.2. The van der Waals surface area contributed by atoms with E-state index in [0.29, 0.717) is 0 Å². The molecule has 0 atom stereocenters. The van der Waals surface area contributed by atoms with Crippen LogP contribution in [0.3, 0.4) is 0 Å². The summed E-state index contributed by atoms with van der Waals surface area (Å²) in [6, 6.07) is 1.98. The fraction of sp³-hybridized carbons (Fsp3) is 0.643. The van der Waals surface area contributed by atoms with Gasteiger partial charge in [-0.1, -0.05) is 19.8 Å². The monoisotopic (exact) mass is 267 g/mol. The van der Waals surface area contributed by atoms with E-state index in [4.69, 9.17) is 0 Å². The lowest BCUT2D eigenvalue weighted by atomic mass is 9.99. The van der Waals surface area contributed by atoms with Crippen molar-refractivity contribution in [3.63, 3.8) is 0 Å². The van der Waals surface area contributed by atoms with Crippen molar-refractivity contribution in [3.8, 4) is 0 Å². The number of thiophene rings is 1. The SMILES string of the molecule is CCc1cc(C(=O)NC2(CO)CCCC2)sc1C. The predicted octanol–water partition coefficient (Wildman–Crippen LogP) is 2.65. The highest BCUT2D eigenvalue weighted by Crippen LogP contribution is 2.30. The van der Waals surface area contributed by atoms with Gasteiger partial charge in [0, 0.05) is 4.88 Å². The third-order valence-electron chi connectivity index (χ3n) is 3.87. The molecule has 1 aliphatic carbocycles. The zero-order valence-electron chi connectivity index (χ0n) is 11.1. The third-order valence-corrected chi connectivity index (χ3v) is 4.96. The number of amides is 1. The van der Waals surface area contributed by atoms with E-state index in [9.17, 15) is 9.90 Å². The van der Waals surface area contributed by atoms with Crippen LogP contribution in [0.2, 0.25) is 0 Å². The largest absolute Gasteiger partial charge is 0.394 e. The predicted molar refractivity (Wildman–Crippen MR) is 74.2 cm³/mol. The molecule has 0 aliphatic heterocycles. The molecule has 1 fully saturated rings. The van der Waals surface area contributed by atoms with Crippen LogP contribution in [0.25, 0.3) is 0 Å². The maximum Gasteiger partial charge on any atom is 0.261 e. The fourth-order valence-electron chi connectivity index (χ4n) is 2.66. The van der Waals surface area contributed by atoms with Crippen LogP contribution < -0.4 is 5.32 Å². The maximum absolute atomic E-state index is 12.2. The van der Waals surface area contributed by atoms with Crippen LogP contribution in [0, 0.1) is 6.92 Å². The summed E-state index contributed by atoms with van der Waals surface area (Å²) in [6.45, 7) is 4.20. The molecule has 2 N–H and O–H groups in total. The minimum atomic E-state index is -0.374. The molecule has 1 amide bonds. The average Bonchev–Trinajstić information content (AvgIpc) is 2.96. The van der Waals surface area contributed by atoms with Crippen molar-refractivity contribution in [2.24, 2.45) is 0 Å². The van der Waals surface area contributed by atoms with Crippen molar-refractivity contribution in [1.29, 1.82) is 0 Å². The summed E-state index contributed by atoms with van der Waals surface area (Å²) in [7, 11) is 0. The normalized spacial score (nSPS) is 17.9. The summed E-state index contributed by atoms with van der Waals surface area (Å²) in [6.07, 6.45) is 4.91. The number of aliphatic hydroxyl groups excluding tert-OH is 1. The highest BCUT2D eigenvalue weighted by atomic mass is 32.1. The molecule has 2 rings (SSSR count). The van der Waals surface area contributed by atoms with Gasteiger partial charge < -0.3 is 10.4 Å². The second-order valence-corrected chi connectivity index (χ2v) is 6.40. The molecular formula is C14H21NO2S. The van der Waals surface area contributed by atoms with Gasteiger partial charge in [-0.15, -0.1) is 11.3 Å². The van der Waals surface area contributed by atoms with E-state index >= 15 is 0 Å². The van der Waals surface area contributed by atoms with Gasteiger partial charge in [-0.05, 0) is 37.8 Å². The van der Waals surface area contributed by atoms with Crippen molar-refractivity contribution in [1.82, 2.24) is 5.32 Å². The molecule has 0 spiro atoms. The number of carbonyl (C=O) groups excluding carboxylic acids is 1. The Morgan fingerprint density at radius 1 is 1.50 bits per heavy atom. The number of hydrogen-bond acceptors (Lipinski definition) is 3. The molecule has 0 saturated heterocycles. The van der Waals surface area contributed by atoms with Gasteiger partial charge in [0.2, 0.25) is 0 Å². The molecule has 4 heteroatoms. The first-order valence-corrected chi connectivity index (χ1v) is 7.44. The van der Waals surface area contributed by atoms with Crippen LogP contribution in [-0.2, 0) is 6.42 Å². The zero-order valence-corrected chi connectivity index (χ0v) is 11.9. The van der Waals surface area contributed by atoms with Crippen molar-refractivity contribution in [2.75, 3.05) is 6.61 Å². The highest BCUT2D eigenvalue weighted by molar-refractivity contribution is 7.14. The van der Waals surface area contributed by atoms with Crippen molar-refractivity contribution in [2.45, 2.75) is 51.5 Å². The first-order valence-electron chi connectivity index (χ1n) is 6.63. The van der Waals surface area contributed by atoms with Crippen molar-refractivity contribution < 1.29 is 9.90 Å². The summed E-state index contributed by atoms with van der Waals surface area (Å²) in [5.74, 6) is -0.0289. The van der Waals surface area contributed by atoms with Gasteiger partial charge in [-0.25, -0.2) is 0 Å². The highest BCUT2D eigenvalue weighted by Gasteiger charge is 2.35. The molecule has 0 unspecified atom stereocenters. The molecule has 1 saturated carbocycles. The molecule has 100 valence electrons. The van der Waals surface area contributed by atoms with Gasteiger partial charge >= 0.3 is 0 Å². The number of carbonyl (C=O) groups is 1. The molecular weight excluding hydrogens is 246 g/mol. The van der Waals surface area contributed by atoms with Crippen LogP contribution in [0.4, 0.5) is 0 Å². The first kappa shape index (κ1) is 13.6. The fourth-order valence-corrected chi connectivity index (χ4v) is 3.67. The van der Waals surface area contributed by atoms with Gasteiger partial charge in [0.1, 0.15) is 0 Å². The summed E-state index contributed by atoms with van der Waals surface area (Å²) >= 11 is 1.55. The standard InChI is InChI=1S/C14H21NO2S/c1-3-11-8-12(18-10(11)2)13(17)15-14(9-16)6-4-5-7-14/h8,16H,3-7,9H2,1-2H3,(H,15,17). The molecule has 0 radical (unpaired) electrons. The molecule has 1 aliphatic rings. The average molecular weight is 267 g/mol. The smallest absolute Gasteiger partial charge is 0.261 e. The molecule has 0 aromatic carbocycles. The quantitative estimate of drug-likeness (QED) is 0.881. The lowest BCUT2D eigenvalue weighted by molar-refractivity contribution is 0.0842. The molecule has 1 heterocycles. The number of rotatable bonds is 4. The van der Waals surface area contributed by atoms with E-state index in [0.717, 1.165) is 37.0 Å². The Balaban J connectivity index is 2.11. The Bertz CT molecular complexity index is 433. The number of nitrogens with one attached hydrogen (secondary N) is 1. The van der Waals surface area contributed by atoms with E-state index < -0.39 is 0 Å². The van der Waals surface area contributed by atoms with E-state index in [1.54, 1.807) is 11.3 Å². The Morgan fingerprint density at radius 2 is 2.17 bits per heavy atom. The summed E-state index contributed by atoms with van der Waals surface area (Å²) in [5.41, 5.74) is 0.871. The second-order valence-electron chi connectivity index (χ2n) is 5.15. The number of hydrogen-bond donors (Lipinski definition) is 2. The Labute approximate surface area is 112 Å². The maximum atomic E-state index is 12.2. The molecule has 1 aromatic rings. The minimum absolute atomic E-state index is 0.0289. The van der Waals surface area contributed by atoms with E-state index in [2.05, 4.69) is 19.2 Å². The van der Waals surface area contributed by atoms with Gasteiger partial charge in [0.15, 0.2) is 0 Å². The lowest BCUT2D eigenvalue weighted by Gasteiger charge is -2.27. The lowest BCUT2D eigenvalue weighted by Crippen LogP contribution is -2.49. The topological polar surface area (TPSA) is 49.3 Å². The van der Waals surface area contributed by atoms with Crippen LogP contribution in [0.15, 0.2) is 6.07 Å². The van der Waals surface area contributed by atoms with Crippen molar-refractivity contribution in [3.05, 3.63) is 21.4 Å². The molecule has 3 nitrogen and oxygen atoms in total. The van der Waals surface area contributed by atoms with Gasteiger partial charge in [-0.2, -0.15) is 0 Å². The third kappa shape index (κ3) is 2.59. The first-order chi connectivity index (χ1) is 8.60. The van der Waals surface area contributed by atoms with E-state index in [-0.39, 0.29) is 18.1 Å². The van der Waals surface area contributed by atoms with Crippen molar-refractivity contribution >= 4 is 17.2 Å². The number of aliphatic hydroxyl groups is 1. The zero-order chi connectivity index (χ0) is 13.2. The van der Waals surface area contributed by atoms with Crippen LogP contribution in [-0.4, -0.2) is 23.2 Å². The Morgan fingerprint density at radius 3 is 2.67 bits per heavy atom. The van der Waals surface area contributed by atoms with Crippen LogP contribution >= 0.6 is 11.3 Å². The Kier molecular flexibility index (Phi) is 4.07. The minimum Gasteiger partial charge on any atom is -0.394 e. The summed E-state index contributed by atoms with van der Waals surface area (Å²) < 4.78 is 0. The van der Waals surface area contributed by atoms with Gasteiger partial charge in [-0.3, -0.25) is 4.79 Å². The summed E-state index contributed by atoms with van der Waals surface area (Å²) in [5, 5.41) is 12.6. The molecule has 1 aromatic heterocycles. The molecule has 0 bridgehead atoms. The van der Waals surface area contributed by atoms with Gasteiger partial charge in [0.05, 0.1) is 17.0 Å². The van der Waals surface area contributed by atoms with E-state index in [1.165, 1.54) is 10.4 Å². The van der Waals surface area contributed by atoms with Crippen LogP contribution in [0.1, 0.15) is 52.7 Å². The Hall–Kier alpha value is -0.870. The molecule has 18 heavy (non-hydrogen) atoms. The van der Waals surface area contributed by atoms with Crippen LogP contribution in [0.5, 0.6) is 0 Å². The van der Waals surface area contributed by atoms with Gasteiger partial charge in [0.25, 0.3) is 5.91 Å². The number of aryl methyl sites for hydroxylation is 2. The van der Waals surface area contributed by atoms with E-state index in [1.807, 2.05) is 6.07 Å².